The van der Waals surface area contributed by atoms with E-state index in [1.165, 1.54) is 11.0 Å². The fourth-order valence-electron chi connectivity index (χ4n) is 4.12. The summed E-state index contributed by atoms with van der Waals surface area (Å²) in [6, 6.07) is 3.40. The molecule has 0 atom stereocenters. The summed E-state index contributed by atoms with van der Waals surface area (Å²) >= 11 is 0. The van der Waals surface area contributed by atoms with E-state index in [9.17, 15) is 14.0 Å². The molecule has 26 heavy (non-hydrogen) atoms. The van der Waals surface area contributed by atoms with Crippen molar-refractivity contribution in [2.45, 2.75) is 38.5 Å². The van der Waals surface area contributed by atoms with E-state index < -0.39 is 11.7 Å². The fraction of sp³-hybridized carbons (Fsp3) is 0.350. The number of amides is 2. The van der Waals surface area contributed by atoms with Crippen molar-refractivity contribution in [3.8, 4) is 11.1 Å². The quantitative estimate of drug-likeness (QED) is 0.902. The van der Waals surface area contributed by atoms with Crippen molar-refractivity contribution in [1.82, 2.24) is 4.98 Å². The Bertz CT molecular complexity index is 939. The predicted molar refractivity (Wildman–Crippen MR) is 96.5 cm³/mol. The van der Waals surface area contributed by atoms with Gasteiger partial charge in [0.25, 0.3) is 5.91 Å². The SMILES string of the molecule is CN1C(=O)CCc2cc(-c3cnc(C(N)=O)c4c3CCCC4)cc(F)c21. The van der Waals surface area contributed by atoms with Crippen molar-refractivity contribution < 1.29 is 14.0 Å². The molecule has 1 aromatic heterocycles. The highest BCUT2D eigenvalue weighted by Gasteiger charge is 2.27. The molecule has 134 valence electrons. The molecule has 5 nitrogen and oxygen atoms in total. The molecule has 0 radical (unpaired) electrons. The van der Waals surface area contributed by atoms with Gasteiger partial charge in [-0.3, -0.25) is 14.6 Å². The lowest BCUT2D eigenvalue weighted by Crippen LogP contribution is -2.32. The first-order chi connectivity index (χ1) is 12.5. The topological polar surface area (TPSA) is 76.3 Å². The Morgan fingerprint density at radius 3 is 2.62 bits per heavy atom. The van der Waals surface area contributed by atoms with Crippen LogP contribution in [0, 0.1) is 5.82 Å². The first-order valence-electron chi connectivity index (χ1n) is 8.87. The standard InChI is InChI=1S/C20H20FN3O2/c1-24-17(25)7-6-11-8-12(9-16(21)19(11)24)15-10-23-18(20(22)26)14-5-3-2-4-13(14)15/h8-10H,2-7H2,1H3,(H2,22,26). The highest BCUT2D eigenvalue weighted by molar-refractivity contribution is 5.97. The molecule has 0 fully saturated rings. The maximum atomic E-state index is 14.8. The molecule has 2 N–H and O–H groups in total. The molecular formula is C20H20FN3O2. The first-order valence-corrected chi connectivity index (χ1v) is 8.87. The fourth-order valence-corrected chi connectivity index (χ4v) is 4.12. The monoisotopic (exact) mass is 353 g/mol. The van der Waals surface area contributed by atoms with Crippen LogP contribution in [0.2, 0.25) is 0 Å². The van der Waals surface area contributed by atoms with Gasteiger partial charge in [-0.25, -0.2) is 4.39 Å². The number of hydrogen-bond acceptors (Lipinski definition) is 3. The summed E-state index contributed by atoms with van der Waals surface area (Å²) in [5.74, 6) is -1.00. The second kappa shape index (κ2) is 6.20. The Morgan fingerprint density at radius 1 is 1.15 bits per heavy atom. The van der Waals surface area contributed by atoms with Crippen LogP contribution in [0.3, 0.4) is 0 Å². The third-order valence-electron chi connectivity index (χ3n) is 5.41. The van der Waals surface area contributed by atoms with Crippen LogP contribution in [0.1, 0.15) is 46.4 Å². The predicted octanol–water partition coefficient (Wildman–Crippen LogP) is 2.77. The Labute approximate surface area is 151 Å². The van der Waals surface area contributed by atoms with Crippen molar-refractivity contribution in [2.75, 3.05) is 11.9 Å². The number of carbonyl (C=O) groups excluding carboxylic acids is 2. The summed E-state index contributed by atoms with van der Waals surface area (Å²) in [6.45, 7) is 0. The number of benzene rings is 1. The smallest absolute Gasteiger partial charge is 0.267 e. The molecule has 0 saturated carbocycles. The van der Waals surface area contributed by atoms with Gasteiger partial charge in [-0.1, -0.05) is 0 Å². The van der Waals surface area contributed by atoms with Crippen LogP contribution in [0.5, 0.6) is 0 Å². The summed E-state index contributed by atoms with van der Waals surface area (Å²) in [5.41, 5.74) is 10.5. The third-order valence-corrected chi connectivity index (χ3v) is 5.41. The van der Waals surface area contributed by atoms with Gasteiger partial charge in [-0.05, 0) is 66.5 Å². The number of halogens is 1. The third kappa shape index (κ3) is 2.57. The number of aromatic nitrogens is 1. The molecule has 2 aliphatic rings. The Morgan fingerprint density at radius 2 is 1.88 bits per heavy atom. The van der Waals surface area contributed by atoms with E-state index >= 15 is 0 Å². The van der Waals surface area contributed by atoms with Crippen LogP contribution < -0.4 is 10.6 Å². The number of nitrogens with zero attached hydrogens (tertiary/aromatic N) is 2. The molecule has 2 aromatic rings. The minimum atomic E-state index is -0.522. The number of anilines is 1. The average Bonchev–Trinajstić information content (AvgIpc) is 2.63. The van der Waals surface area contributed by atoms with Crippen LogP contribution in [-0.4, -0.2) is 23.8 Å². The van der Waals surface area contributed by atoms with Gasteiger partial charge in [0.15, 0.2) is 0 Å². The van der Waals surface area contributed by atoms with Crippen LogP contribution >= 0.6 is 0 Å². The first kappa shape index (κ1) is 16.7. The van der Waals surface area contributed by atoms with E-state index in [0.717, 1.165) is 53.5 Å². The number of hydrogen-bond donors (Lipinski definition) is 1. The zero-order chi connectivity index (χ0) is 18.4. The summed E-state index contributed by atoms with van der Waals surface area (Å²) in [5, 5.41) is 0. The summed E-state index contributed by atoms with van der Waals surface area (Å²) < 4.78 is 14.8. The number of primary amides is 1. The highest BCUT2D eigenvalue weighted by Crippen LogP contribution is 2.37. The Kier molecular flexibility index (Phi) is 3.98. The number of nitrogens with two attached hydrogens (primary N) is 1. The zero-order valence-electron chi connectivity index (χ0n) is 14.6. The molecule has 1 aromatic carbocycles. The molecule has 0 spiro atoms. The summed E-state index contributed by atoms with van der Waals surface area (Å²) in [6.07, 6.45) is 6.13. The normalized spacial score (nSPS) is 16.2. The van der Waals surface area contributed by atoms with Gasteiger partial charge in [0.1, 0.15) is 11.5 Å². The number of fused-ring (bicyclic) bond motifs is 2. The van der Waals surface area contributed by atoms with Crippen molar-refractivity contribution in [1.29, 1.82) is 0 Å². The van der Waals surface area contributed by atoms with E-state index in [2.05, 4.69) is 4.98 Å². The molecule has 1 aliphatic carbocycles. The molecule has 6 heteroatoms. The van der Waals surface area contributed by atoms with Gasteiger partial charge in [0, 0.05) is 25.2 Å². The van der Waals surface area contributed by atoms with Crippen molar-refractivity contribution in [3.63, 3.8) is 0 Å². The van der Waals surface area contributed by atoms with Gasteiger partial charge >= 0.3 is 0 Å². The lowest BCUT2D eigenvalue weighted by Gasteiger charge is -2.27. The van der Waals surface area contributed by atoms with Gasteiger partial charge in [-0.15, -0.1) is 0 Å². The number of rotatable bonds is 2. The molecule has 0 saturated heterocycles. The van der Waals surface area contributed by atoms with E-state index in [4.69, 9.17) is 5.73 Å². The lowest BCUT2D eigenvalue weighted by atomic mass is 9.85. The second-order valence-corrected chi connectivity index (χ2v) is 6.97. The van der Waals surface area contributed by atoms with Crippen molar-refractivity contribution in [2.24, 2.45) is 5.73 Å². The molecule has 2 heterocycles. The Hall–Kier alpha value is -2.76. The van der Waals surface area contributed by atoms with Gasteiger partial charge in [0.2, 0.25) is 5.91 Å². The second-order valence-electron chi connectivity index (χ2n) is 6.97. The van der Waals surface area contributed by atoms with Gasteiger partial charge in [-0.2, -0.15) is 0 Å². The molecule has 1 aliphatic heterocycles. The molecule has 4 rings (SSSR count). The van der Waals surface area contributed by atoms with Gasteiger partial charge in [0.05, 0.1) is 5.69 Å². The highest BCUT2D eigenvalue weighted by atomic mass is 19.1. The molecule has 2 amide bonds. The van der Waals surface area contributed by atoms with Crippen LogP contribution in [0.15, 0.2) is 18.3 Å². The van der Waals surface area contributed by atoms with E-state index in [0.29, 0.717) is 24.2 Å². The van der Waals surface area contributed by atoms with Crippen LogP contribution in [0.25, 0.3) is 11.1 Å². The minimum Gasteiger partial charge on any atom is -0.364 e. The van der Waals surface area contributed by atoms with Crippen LogP contribution in [-0.2, 0) is 24.1 Å². The van der Waals surface area contributed by atoms with Crippen molar-refractivity contribution in [3.05, 3.63) is 46.5 Å². The molecule has 0 unspecified atom stereocenters. The number of carbonyl (C=O) groups is 2. The maximum Gasteiger partial charge on any atom is 0.267 e. The zero-order valence-corrected chi connectivity index (χ0v) is 14.6. The Balaban J connectivity index is 1.88. The largest absolute Gasteiger partial charge is 0.364 e. The molecular weight excluding hydrogens is 333 g/mol. The minimum absolute atomic E-state index is 0.0750. The summed E-state index contributed by atoms with van der Waals surface area (Å²) in [4.78, 5) is 29.2. The van der Waals surface area contributed by atoms with Crippen molar-refractivity contribution >= 4 is 17.5 Å². The van der Waals surface area contributed by atoms with E-state index in [1.807, 2.05) is 6.07 Å². The number of aryl methyl sites for hydroxylation is 1. The average molecular weight is 353 g/mol. The van der Waals surface area contributed by atoms with E-state index in [-0.39, 0.29) is 5.91 Å². The van der Waals surface area contributed by atoms with Crippen LogP contribution in [0.4, 0.5) is 10.1 Å². The maximum absolute atomic E-state index is 14.8. The summed E-state index contributed by atoms with van der Waals surface area (Å²) in [7, 11) is 1.61. The van der Waals surface area contributed by atoms with Gasteiger partial charge < -0.3 is 10.6 Å². The van der Waals surface area contributed by atoms with E-state index in [1.54, 1.807) is 13.2 Å². The number of pyridine rings is 1. The molecule has 0 bridgehead atoms. The lowest BCUT2D eigenvalue weighted by molar-refractivity contribution is -0.118.